The van der Waals surface area contributed by atoms with Gasteiger partial charge in [-0.05, 0) is 18.1 Å². The third-order valence-corrected chi connectivity index (χ3v) is 4.14. The zero-order valence-electron chi connectivity index (χ0n) is 8.23. The molecule has 0 aromatic carbocycles. The number of β-lactam (4-membered cyclic amide) rings is 1. The number of fused-ring (bicyclic) bond motifs is 1. The highest BCUT2D eigenvalue weighted by Crippen LogP contribution is 2.40. The zero-order chi connectivity index (χ0) is 11.2. The third-order valence-electron chi connectivity index (χ3n) is 2.71. The van der Waals surface area contributed by atoms with E-state index in [1.54, 1.807) is 6.92 Å². The normalized spacial score (nSPS) is 26.4. The van der Waals surface area contributed by atoms with Crippen molar-refractivity contribution in [3.8, 4) is 0 Å². The molecule has 2 aliphatic rings. The van der Waals surface area contributed by atoms with Crippen molar-refractivity contribution < 1.29 is 19.2 Å². The summed E-state index contributed by atoms with van der Waals surface area (Å²) in [6, 6.07) is -0.0610. The number of carboxylic acids is 1. The molecule has 2 aliphatic heterocycles. The molecule has 0 saturated carbocycles. The van der Waals surface area contributed by atoms with E-state index < -0.39 is 17.1 Å². The van der Waals surface area contributed by atoms with Crippen molar-refractivity contribution in [1.29, 1.82) is 0 Å². The molecule has 15 heavy (non-hydrogen) atoms. The molecule has 2 rings (SSSR count). The lowest BCUT2D eigenvalue weighted by molar-refractivity contribution is -0.147. The number of rotatable bonds is 3. The van der Waals surface area contributed by atoms with E-state index in [1.165, 1.54) is 4.90 Å². The molecular formula is C9H11NO4S. The van der Waals surface area contributed by atoms with Crippen molar-refractivity contribution in [3.63, 3.8) is 0 Å². The van der Waals surface area contributed by atoms with Crippen LogP contribution in [0.3, 0.4) is 0 Å². The molecule has 0 bridgehead atoms. The maximum absolute atomic E-state index is 11.6. The number of hydrogen-bond donors (Lipinski definition) is 1. The number of aliphatic carboxylic acids is 1. The van der Waals surface area contributed by atoms with E-state index in [0.717, 1.165) is 0 Å². The molecule has 1 fully saturated rings. The molecule has 0 aromatic rings. The van der Waals surface area contributed by atoms with Gasteiger partial charge in [0.25, 0.3) is 0 Å². The summed E-state index contributed by atoms with van der Waals surface area (Å²) >= 11 is -1.26. The van der Waals surface area contributed by atoms with E-state index in [1.807, 2.05) is 0 Å². The number of carboxylic acid groups (broad SMARTS) is 1. The van der Waals surface area contributed by atoms with Crippen molar-refractivity contribution in [2.75, 3.05) is 5.75 Å². The third kappa shape index (κ3) is 1.44. The van der Waals surface area contributed by atoms with E-state index in [4.69, 9.17) is 5.11 Å². The quantitative estimate of drug-likeness (QED) is 0.548. The molecule has 0 spiro atoms. The Morgan fingerprint density at radius 2 is 2.33 bits per heavy atom. The van der Waals surface area contributed by atoms with Gasteiger partial charge >= 0.3 is 5.97 Å². The Bertz CT molecular complexity index is 365. The number of nitrogens with zero attached hydrogens (tertiary/aromatic N) is 1. The summed E-state index contributed by atoms with van der Waals surface area (Å²) in [4.78, 5) is 23.9. The van der Waals surface area contributed by atoms with Gasteiger partial charge in [0.2, 0.25) is 5.91 Å². The average molecular weight is 229 g/mol. The van der Waals surface area contributed by atoms with Crippen molar-refractivity contribution in [1.82, 2.24) is 4.90 Å². The minimum atomic E-state index is -1.26. The maximum Gasteiger partial charge on any atom is 0.357 e. The lowest BCUT2D eigenvalue weighted by Gasteiger charge is -2.34. The first-order valence-corrected chi connectivity index (χ1v) is 6.05. The molecule has 2 heterocycles. The van der Waals surface area contributed by atoms with E-state index in [0.29, 0.717) is 23.5 Å². The molecule has 1 saturated heterocycles. The van der Waals surface area contributed by atoms with Crippen LogP contribution >= 0.6 is 0 Å². The van der Waals surface area contributed by atoms with Crippen molar-refractivity contribution in [2.45, 2.75) is 25.8 Å². The molecule has 0 aromatic heterocycles. The van der Waals surface area contributed by atoms with Crippen molar-refractivity contribution in [2.24, 2.45) is 0 Å². The lowest BCUT2D eigenvalue weighted by Crippen LogP contribution is -2.49. The predicted molar refractivity (Wildman–Crippen MR) is 53.2 cm³/mol. The molecule has 2 atom stereocenters. The van der Waals surface area contributed by atoms with Gasteiger partial charge < -0.3 is 9.66 Å². The summed E-state index contributed by atoms with van der Waals surface area (Å²) in [7, 11) is 0. The van der Waals surface area contributed by atoms with Crippen LogP contribution in [0.4, 0.5) is 0 Å². The van der Waals surface area contributed by atoms with Gasteiger partial charge in [0.1, 0.15) is 5.75 Å². The fourth-order valence-corrected chi connectivity index (χ4v) is 3.12. The largest absolute Gasteiger partial charge is 0.612 e. The van der Waals surface area contributed by atoms with Crippen LogP contribution < -0.4 is 0 Å². The van der Waals surface area contributed by atoms with Crippen molar-refractivity contribution in [3.05, 3.63) is 10.6 Å². The first-order valence-electron chi connectivity index (χ1n) is 4.73. The molecule has 1 amide bonds. The van der Waals surface area contributed by atoms with Gasteiger partial charge in [-0.25, -0.2) is 4.79 Å². The van der Waals surface area contributed by atoms with Gasteiger partial charge in [0.05, 0.1) is 6.04 Å². The van der Waals surface area contributed by atoms with Crippen LogP contribution in [0, 0.1) is 0 Å². The van der Waals surface area contributed by atoms with Crippen LogP contribution in [-0.2, 0) is 20.8 Å². The first-order chi connectivity index (χ1) is 7.06. The Morgan fingerprint density at radius 3 is 2.80 bits per heavy atom. The van der Waals surface area contributed by atoms with Crippen LogP contribution in [0.15, 0.2) is 10.6 Å². The van der Waals surface area contributed by atoms with Gasteiger partial charge in [0, 0.05) is 12.8 Å². The molecule has 0 radical (unpaired) electrons. The molecule has 5 nitrogen and oxygen atoms in total. The lowest BCUT2D eigenvalue weighted by atomic mass is 10.0. The summed E-state index contributed by atoms with van der Waals surface area (Å²) in [5.41, 5.74) is -0.0450. The van der Waals surface area contributed by atoms with Crippen LogP contribution in [0.5, 0.6) is 0 Å². The minimum Gasteiger partial charge on any atom is -0.612 e. The maximum atomic E-state index is 11.6. The fourth-order valence-electron chi connectivity index (χ4n) is 2.00. The second-order valence-corrected chi connectivity index (χ2v) is 5.30. The molecule has 0 aliphatic carbocycles. The topological polar surface area (TPSA) is 80.7 Å². The smallest absolute Gasteiger partial charge is 0.357 e. The Hall–Kier alpha value is -1.01. The highest BCUT2D eigenvalue weighted by Gasteiger charge is 2.50. The van der Waals surface area contributed by atoms with Crippen LogP contribution in [0.2, 0.25) is 0 Å². The highest BCUT2D eigenvalue weighted by molar-refractivity contribution is 7.95. The second kappa shape index (κ2) is 3.53. The number of amides is 1. The molecule has 82 valence electrons. The summed E-state index contributed by atoms with van der Waals surface area (Å²) in [6.45, 7) is 1.74. The summed E-state index contributed by atoms with van der Waals surface area (Å²) in [5.74, 6) is -0.941. The van der Waals surface area contributed by atoms with Crippen molar-refractivity contribution >= 4 is 23.1 Å². The van der Waals surface area contributed by atoms with Crippen LogP contribution in [-0.4, -0.2) is 38.2 Å². The van der Waals surface area contributed by atoms with Gasteiger partial charge in [-0.2, -0.15) is 0 Å². The Balaban J connectivity index is 2.35. The highest BCUT2D eigenvalue weighted by atomic mass is 32.2. The molecule has 1 N–H and O–H groups in total. The molecular weight excluding hydrogens is 218 g/mol. The van der Waals surface area contributed by atoms with E-state index in [9.17, 15) is 14.1 Å². The SMILES string of the molecule is CC[S+]([O-])C1=C(C(=O)O)N2C(=O)CC2C1. The van der Waals surface area contributed by atoms with Gasteiger partial charge in [-0.1, -0.05) is 0 Å². The number of carbonyl (C=O) groups excluding carboxylic acids is 1. The molecule has 6 heteroatoms. The second-order valence-electron chi connectivity index (χ2n) is 3.54. The average Bonchev–Trinajstić information content (AvgIpc) is 2.50. The Kier molecular flexibility index (Phi) is 2.47. The monoisotopic (exact) mass is 229 g/mol. The Labute approximate surface area is 89.9 Å². The van der Waals surface area contributed by atoms with Gasteiger partial charge in [-0.15, -0.1) is 0 Å². The van der Waals surface area contributed by atoms with E-state index in [2.05, 4.69) is 0 Å². The summed E-state index contributed by atoms with van der Waals surface area (Å²) in [5, 5.41) is 8.98. The number of carbonyl (C=O) groups is 2. The molecule has 2 unspecified atom stereocenters. The zero-order valence-corrected chi connectivity index (χ0v) is 9.04. The first kappa shape index (κ1) is 10.5. The minimum absolute atomic E-state index is 0.0450. The predicted octanol–water partition coefficient (Wildman–Crippen LogP) is 0.0558. The van der Waals surface area contributed by atoms with E-state index >= 15 is 0 Å². The number of hydrogen-bond acceptors (Lipinski definition) is 3. The van der Waals surface area contributed by atoms with Gasteiger partial charge in [0.15, 0.2) is 10.6 Å². The standard InChI is InChI=1S/C9H11NO4S/c1-2-15(14)6-3-5-4-7(11)10(5)8(6)9(12)13/h5H,2-4H2,1H3,(H,12,13). The van der Waals surface area contributed by atoms with E-state index in [-0.39, 0.29) is 17.6 Å². The summed E-state index contributed by atoms with van der Waals surface area (Å²) in [6.07, 6.45) is 0.828. The summed E-state index contributed by atoms with van der Waals surface area (Å²) < 4.78 is 11.6. The Morgan fingerprint density at radius 1 is 1.67 bits per heavy atom. The van der Waals surface area contributed by atoms with Crippen LogP contribution in [0.1, 0.15) is 19.8 Å². The van der Waals surface area contributed by atoms with Gasteiger partial charge in [-0.3, -0.25) is 9.69 Å². The fraction of sp³-hybridized carbons (Fsp3) is 0.556. The van der Waals surface area contributed by atoms with Crippen LogP contribution in [0.25, 0.3) is 0 Å².